The minimum absolute atomic E-state index is 0.0123. The van der Waals surface area contributed by atoms with Crippen molar-refractivity contribution in [2.75, 3.05) is 31.6 Å². The van der Waals surface area contributed by atoms with E-state index in [1.165, 1.54) is 4.88 Å². The van der Waals surface area contributed by atoms with Gasteiger partial charge in [0.15, 0.2) is 0 Å². The maximum Gasteiger partial charge on any atom is 0.239 e. The van der Waals surface area contributed by atoms with Crippen LogP contribution < -0.4 is 5.32 Å². The van der Waals surface area contributed by atoms with Crippen molar-refractivity contribution in [1.29, 1.82) is 0 Å². The van der Waals surface area contributed by atoms with Crippen LogP contribution in [0.2, 0.25) is 0 Å². The number of morpholine rings is 1. The predicted octanol–water partition coefficient (Wildman–Crippen LogP) is 1.65. The smallest absolute Gasteiger partial charge is 0.239 e. The van der Waals surface area contributed by atoms with Crippen LogP contribution >= 0.6 is 11.3 Å². The largest absolute Gasteiger partial charge is 0.379 e. The first kappa shape index (κ1) is 15.2. The summed E-state index contributed by atoms with van der Waals surface area (Å²) in [7, 11) is 0. The van der Waals surface area contributed by atoms with Gasteiger partial charge in [0.05, 0.1) is 32.5 Å². The molecule has 1 N–H and O–H groups in total. The van der Waals surface area contributed by atoms with E-state index in [0.717, 1.165) is 12.4 Å². The standard InChI is InChI=1S/C15H20N4O2S/c1-12-11-21-7-6-18(12)10-15(20)17-14-4-5-16-19(14)9-13-3-2-8-22-13/h2-5,8,12H,6-7,9-11H2,1H3,(H,17,20). The van der Waals surface area contributed by atoms with E-state index in [2.05, 4.69) is 28.3 Å². The van der Waals surface area contributed by atoms with E-state index in [1.807, 2.05) is 22.2 Å². The lowest BCUT2D eigenvalue weighted by atomic mass is 10.2. The Morgan fingerprint density at radius 1 is 1.55 bits per heavy atom. The van der Waals surface area contributed by atoms with Gasteiger partial charge in [-0.25, -0.2) is 4.68 Å². The molecule has 0 saturated carbocycles. The molecule has 1 atom stereocenters. The second kappa shape index (κ2) is 7.04. The lowest BCUT2D eigenvalue weighted by molar-refractivity contribution is -0.119. The molecule has 0 aromatic carbocycles. The van der Waals surface area contributed by atoms with Crippen molar-refractivity contribution in [3.05, 3.63) is 34.7 Å². The topological polar surface area (TPSA) is 59.4 Å². The third-order valence-corrected chi connectivity index (χ3v) is 4.58. The number of thiophene rings is 1. The first-order valence-corrected chi connectivity index (χ1v) is 8.26. The summed E-state index contributed by atoms with van der Waals surface area (Å²) >= 11 is 1.68. The molecule has 0 radical (unpaired) electrons. The van der Waals surface area contributed by atoms with Gasteiger partial charge in [-0.2, -0.15) is 5.10 Å². The van der Waals surface area contributed by atoms with Crippen molar-refractivity contribution in [1.82, 2.24) is 14.7 Å². The number of carbonyl (C=O) groups is 1. The van der Waals surface area contributed by atoms with Crippen LogP contribution in [0.3, 0.4) is 0 Å². The molecule has 2 aromatic heterocycles. The van der Waals surface area contributed by atoms with Crippen molar-refractivity contribution in [3.63, 3.8) is 0 Å². The molecule has 1 unspecified atom stereocenters. The van der Waals surface area contributed by atoms with Crippen molar-refractivity contribution in [3.8, 4) is 0 Å². The zero-order valence-electron chi connectivity index (χ0n) is 12.6. The summed E-state index contributed by atoms with van der Waals surface area (Å²) in [5.74, 6) is 0.723. The normalized spacial score (nSPS) is 19.2. The Morgan fingerprint density at radius 3 is 3.23 bits per heavy atom. The molecule has 2 aromatic rings. The Kier molecular flexibility index (Phi) is 4.87. The van der Waals surface area contributed by atoms with E-state index in [-0.39, 0.29) is 11.9 Å². The van der Waals surface area contributed by atoms with Crippen molar-refractivity contribution < 1.29 is 9.53 Å². The number of aromatic nitrogens is 2. The van der Waals surface area contributed by atoms with Gasteiger partial charge >= 0.3 is 0 Å². The first-order valence-electron chi connectivity index (χ1n) is 7.38. The fourth-order valence-corrected chi connectivity index (χ4v) is 3.16. The van der Waals surface area contributed by atoms with Gasteiger partial charge in [0.25, 0.3) is 0 Å². The van der Waals surface area contributed by atoms with Gasteiger partial charge in [-0.1, -0.05) is 6.07 Å². The highest BCUT2D eigenvalue weighted by molar-refractivity contribution is 7.09. The Bertz CT molecular complexity index is 611. The summed E-state index contributed by atoms with van der Waals surface area (Å²) in [6, 6.07) is 6.18. The summed E-state index contributed by atoms with van der Waals surface area (Å²) in [6.07, 6.45) is 1.71. The maximum absolute atomic E-state index is 12.2. The fourth-order valence-electron chi connectivity index (χ4n) is 2.48. The van der Waals surface area contributed by atoms with Crippen LogP contribution in [0.25, 0.3) is 0 Å². The zero-order valence-corrected chi connectivity index (χ0v) is 13.4. The molecule has 3 rings (SSSR count). The van der Waals surface area contributed by atoms with Crippen molar-refractivity contribution in [2.45, 2.75) is 19.5 Å². The molecule has 1 aliphatic heterocycles. The highest BCUT2D eigenvalue weighted by Crippen LogP contribution is 2.14. The Balaban J connectivity index is 1.58. The average Bonchev–Trinajstić information content (AvgIpc) is 3.15. The van der Waals surface area contributed by atoms with Crippen LogP contribution in [-0.2, 0) is 16.1 Å². The average molecular weight is 320 g/mol. The molecule has 0 bridgehead atoms. The summed E-state index contributed by atoms with van der Waals surface area (Å²) in [4.78, 5) is 15.6. The van der Waals surface area contributed by atoms with E-state index < -0.39 is 0 Å². The van der Waals surface area contributed by atoms with E-state index >= 15 is 0 Å². The van der Waals surface area contributed by atoms with Crippen molar-refractivity contribution in [2.24, 2.45) is 0 Å². The highest BCUT2D eigenvalue weighted by atomic mass is 32.1. The van der Waals surface area contributed by atoms with Crippen LogP contribution in [0.15, 0.2) is 29.8 Å². The van der Waals surface area contributed by atoms with Gasteiger partial charge in [-0.05, 0) is 18.4 Å². The molecule has 3 heterocycles. The quantitative estimate of drug-likeness (QED) is 0.910. The molecule has 1 fully saturated rings. The van der Waals surface area contributed by atoms with Crippen LogP contribution in [0.5, 0.6) is 0 Å². The summed E-state index contributed by atoms with van der Waals surface area (Å²) in [5, 5.41) is 9.27. The number of amides is 1. The molecule has 1 saturated heterocycles. The predicted molar refractivity (Wildman–Crippen MR) is 86.1 cm³/mol. The van der Waals surface area contributed by atoms with Gasteiger partial charge in [-0.15, -0.1) is 11.3 Å². The summed E-state index contributed by atoms with van der Waals surface area (Å²) in [6.45, 7) is 5.30. The van der Waals surface area contributed by atoms with E-state index in [0.29, 0.717) is 26.3 Å². The molecular weight excluding hydrogens is 300 g/mol. The Morgan fingerprint density at radius 2 is 2.45 bits per heavy atom. The number of nitrogens with one attached hydrogen (secondary N) is 1. The van der Waals surface area contributed by atoms with Crippen LogP contribution in [0.1, 0.15) is 11.8 Å². The number of hydrogen-bond donors (Lipinski definition) is 1. The maximum atomic E-state index is 12.2. The van der Waals surface area contributed by atoms with Gasteiger partial charge in [0.2, 0.25) is 5.91 Å². The molecule has 1 aliphatic rings. The summed E-state index contributed by atoms with van der Waals surface area (Å²) < 4.78 is 7.20. The van der Waals surface area contributed by atoms with Crippen LogP contribution in [0, 0.1) is 0 Å². The molecule has 7 heteroatoms. The lowest BCUT2D eigenvalue weighted by Gasteiger charge is -2.32. The third-order valence-electron chi connectivity index (χ3n) is 3.72. The second-order valence-corrected chi connectivity index (χ2v) is 6.43. The number of nitrogens with zero attached hydrogens (tertiary/aromatic N) is 3. The summed E-state index contributed by atoms with van der Waals surface area (Å²) in [5.41, 5.74) is 0. The number of rotatable bonds is 5. The third kappa shape index (κ3) is 3.73. The fraction of sp³-hybridized carbons (Fsp3) is 0.467. The minimum atomic E-state index is -0.0123. The molecule has 0 spiro atoms. The van der Waals surface area contributed by atoms with Gasteiger partial charge in [0, 0.05) is 23.5 Å². The lowest BCUT2D eigenvalue weighted by Crippen LogP contribution is -2.47. The highest BCUT2D eigenvalue weighted by Gasteiger charge is 2.21. The number of carbonyl (C=O) groups excluding carboxylic acids is 1. The first-order chi connectivity index (χ1) is 10.7. The van der Waals surface area contributed by atoms with Gasteiger partial charge in [0.1, 0.15) is 5.82 Å². The zero-order chi connectivity index (χ0) is 15.4. The number of hydrogen-bond acceptors (Lipinski definition) is 5. The van der Waals surface area contributed by atoms with E-state index in [1.54, 1.807) is 17.5 Å². The Labute approximate surface area is 133 Å². The molecular formula is C15H20N4O2S. The molecule has 0 aliphatic carbocycles. The van der Waals surface area contributed by atoms with E-state index in [4.69, 9.17) is 4.74 Å². The molecule has 22 heavy (non-hydrogen) atoms. The van der Waals surface area contributed by atoms with Crippen LogP contribution in [-0.4, -0.2) is 52.9 Å². The van der Waals surface area contributed by atoms with Crippen molar-refractivity contribution >= 4 is 23.1 Å². The second-order valence-electron chi connectivity index (χ2n) is 5.40. The van der Waals surface area contributed by atoms with Gasteiger partial charge in [-0.3, -0.25) is 9.69 Å². The molecule has 1 amide bonds. The van der Waals surface area contributed by atoms with Gasteiger partial charge < -0.3 is 10.1 Å². The number of anilines is 1. The minimum Gasteiger partial charge on any atom is -0.379 e. The van der Waals surface area contributed by atoms with Crippen LogP contribution in [0.4, 0.5) is 5.82 Å². The molecule has 118 valence electrons. The monoisotopic (exact) mass is 320 g/mol. The Hall–Kier alpha value is -1.70. The van der Waals surface area contributed by atoms with E-state index in [9.17, 15) is 4.79 Å². The number of ether oxygens (including phenoxy) is 1. The SMILES string of the molecule is CC1COCCN1CC(=O)Nc1ccnn1Cc1cccs1. The molecule has 6 nitrogen and oxygen atoms in total.